The monoisotopic (exact) mass is 1970 g/mol. The number of fused-ring (bicyclic) bond motifs is 8. The maximum absolute atomic E-state index is 16.7. The summed E-state index contributed by atoms with van der Waals surface area (Å²) in [4.78, 5) is 257. The molecule has 3 unspecified atom stereocenters. The van der Waals surface area contributed by atoms with Crippen LogP contribution in [0.15, 0.2) is 73.1 Å². The average molecular weight is 1980 g/mol. The summed E-state index contributed by atoms with van der Waals surface area (Å²) in [6, 6.07) is -5.20. The minimum atomic E-state index is -1.82. The highest BCUT2D eigenvalue weighted by Crippen LogP contribution is 2.32. The maximum Gasteiger partial charge on any atom is 0.325 e. The third kappa shape index (κ3) is 29.8. The Bertz CT molecular complexity index is 5270. The van der Waals surface area contributed by atoms with Crippen molar-refractivity contribution in [2.24, 2.45) is 35.0 Å². The Balaban J connectivity index is 1.02. The molecule has 3 aromatic carbocycles. The van der Waals surface area contributed by atoms with Gasteiger partial charge in [-0.05, 0) is 142 Å². The fourth-order valence-electron chi connectivity index (χ4n) is 18.9. The standard InChI is InChI=1S/C96H136F2N20O21S/c1-9-54(10-2)49-139-82(126)48-115-46-57(84-62(98)20-16-24-72(84)115)39-67-87(129)108-65-21-13-11-12-14-23-73(114(8)92(65)134)89(131)111-68(35-52(3)4)93(135)113(7)58(40-79(123)103-44-78(101)122)50-140-51-81(125)106-70(37-55-27-29-59(119)30-28-55)94(136)117-34-18-26-75(117)90(132)112-71(42-77(100)121)95(137)116-33-17-25-74(116)88(130)104-45-80(124)105-69(36-53(5)6)96(138)118-47-60(120)41-76(118)91(133)110-66(86(128)107-64(31-32-99)85(127)109-67)38-56-43-102-63-22-15-19-61(97)83(56)63/h15-16,19-20,22,24,27-30,43,46,52-54,58,60,64-71,73-76,93,102,119-120,135H,9-14,17-18,21,23,25-26,31-42,44-45,47-51,99H2,1-8H3,(H2,100,121)(H2,101,122)(H,103,123)(H,104,130)(H,105,124)(H,106,125)(H,107,128)(H,108,129)(H,109,127)(H,110,133)(H,111,131)(H,112,132)/t58-,60-,64+,65?,66+,67+,68+,69+,70+,71-,73?,74-,75+,76+,93?/m1/s1. The molecule has 0 saturated carbocycles. The van der Waals surface area contributed by atoms with E-state index in [1.165, 1.54) is 83.3 Å². The fourth-order valence-corrected chi connectivity index (χ4v) is 19.9. The van der Waals surface area contributed by atoms with E-state index in [2.05, 4.69) is 58.2 Å². The van der Waals surface area contributed by atoms with Gasteiger partial charge in [-0.25, -0.2) is 8.78 Å². The Morgan fingerprint density at radius 2 is 1.14 bits per heavy atom. The van der Waals surface area contributed by atoms with Crippen molar-refractivity contribution in [1.29, 1.82) is 0 Å². The summed E-state index contributed by atoms with van der Waals surface area (Å²) in [6.07, 6.45) is 0.0592. The number of aliphatic hydroxyl groups excluding tert-OH is 2. The van der Waals surface area contributed by atoms with Gasteiger partial charge in [0, 0.05) is 99.3 Å². The van der Waals surface area contributed by atoms with Crippen molar-refractivity contribution in [2.75, 3.05) is 71.5 Å². The van der Waals surface area contributed by atoms with Gasteiger partial charge < -0.3 is 120 Å². The second kappa shape index (κ2) is 51.7. The molecule has 0 aliphatic carbocycles. The first-order chi connectivity index (χ1) is 66.6. The maximum atomic E-state index is 16.7. The number of nitrogens with one attached hydrogen (secondary N) is 11. The van der Waals surface area contributed by atoms with E-state index in [1.807, 2.05) is 27.7 Å². The lowest BCUT2D eigenvalue weighted by Crippen LogP contribution is -2.61. The molecule has 0 radical (unpaired) electrons. The zero-order valence-electron chi connectivity index (χ0n) is 80.5. The van der Waals surface area contributed by atoms with Crippen molar-refractivity contribution < 1.29 is 110 Å². The number of halogens is 2. The van der Waals surface area contributed by atoms with E-state index in [1.54, 1.807) is 19.9 Å². The number of nitrogens with two attached hydrogens (primary N) is 3. The van der Waals surface area contributed by atoms with Crippen molar-refractivity contribution in [3.8, 4) is 5.75 Å². The van der Waals surface area contributed by atoms with Crippen molar-refractivity contribution in [3.63, 3.8) is 0 Å². The van der Waals surface area contributed by atoms with Crippen molar-refractivity contribution in [2.45, 2.75) is 274 Å². The number of hydrogen-bond donors (Lipinski definition) is 17. The van der Waals surface area contributed by atoms with Crippen LogP contribution in [0.3, 0.4) is 0 Å². The highest BCUT2D eigenvalue weighted by molar-refractivity contribution is 8.00. The van der Waals surface area contributed by atoms with Crippen LogP contribution in [-0.4, -0.2) is 312 Å². The number of carbonyl (C=O) groups excluding carboxylic acids is 17. The molecule has 5 aromatic rings. The zero-order valence-corrected chi connectivity index (χ0v) is 81.3. The predicted octanol–water partition coefficient (Wildman–Crippen LogP) is -0.0931. The first-order valence-corrected chi connectivity index (χ1v) is 49.3. The number of carbonyl (C=O) groups is 17. The van der Waals surface area contributed by atoms with E-state index in [4.69, 9.17) is 21.9 Å². The lowest BCUT2D eigenvalue weighted by molar-refractivity contribution is -0.146. The van der Waals surface area contributed by atoms with E-state index < -0.39 is 273 Å². The van der Waals surface area contributed by atoms with E-state index in [0.717, 1.165) is 38.6 Å². The zero-order chi connectivity index (χ0) is 102. The van der Waals surface area contributed by atoms with E-state index in [-0.39, 0.29) is 146 Å². The molecule has 5 aliphatic rings. The molecule has 16 amide bonds. The number of aliphatic hydroxyl groups is 2. The summed E-state index contributed by atoms with van der Waals surface area (Å²) in [6.45, 7) is 8.31. The Hall–Kier alpha value is -12.4. The molecule has 5 aliphatic heterocycles. The SMILES string of the molecule is CCC(CC)COC(=O)Cn1cc(C[C@@H]2NC(=O)[C@H](CCN)NC(=O)[C@H](Cc3c[nH]c4cccc(F)c34)NC(=O)[C@@H]3C[C@@H](O)CN3C(=O)[C@H](CC(C)C)NC(=O)CNC(=O)[C@H]3CCCN3C(=O)[C@@H](CC(N)=O)NC(=O)[C@@H]3CCCN3C(=O)[C@H](Cc3ccc(O)cc3)NC(=O)CSC[C@@H](CC(=O)NCC(N)=O)N(C)C(O)[C@H](CC(C)C)NC(=O)C3CCCCCCC(NC2=O)C(=O)N3C)c2c(F)cccc21. The van der Waals surface area contributed by atoms with Gasteiger partial charge in [0.2, 0.25) is 94.5 Å². The number of H-pyrrole nitrogens is 1. The number of amides is 16. The van der Waals surface area contributed by atoms with Crippen LogP contribution in [0.2, 0.25) is 0 Å². The third-order valence-electron chi connectivity index (χ3n) is 26.4. The van der Waals surface area contributed by atoms with Gasteiger partial charge in [0.05, 0.1) is 49.5 Å². The number of aromatic hydroxyl groups is 1. The number of hydrogen-bond acceptors (Lipinski definition) is 24. The molecule has 20 N–H and O–H groups in total. The minimum absolute atomic E-state index is 0.00477. The number of ether oxygens (including phenoxy) is 1. The molecule has 44 heteroatoms. The first-order valence-electron chi connectivity index (χ1n) is 48.2. The lowest BCUT2D eigenvalue weighted by Gasteiger charge is -2.38. The summed E-state index contributed by atoms with van der Waals surface area (Å²) < 4.78 is 39.9. The van der Waals surface area contributed by atoms with Crippen LogP contribution in [0, 0.1) is 29.4 Å². The molecule has 5 saturated heterocycles. The summed E-state index contributed by atoms with van der Waals surface area (Å²) in [5.74, 6) is -17.9. The van der Waals surface area contributed by atoms with Gasteiger partial charge in [-0.3, -0.25) is 86.4 Å². The summed E-state index contributed by atoms with van der Waals surface area (Å²) in [5, 5.41) is 61.1. The number of phenolic OH excluding ortho intramolecular Hbond substituents is 1. The van der Waals surface area contributed by atoms with E-state index >= 15 is 47.1 Å². The largest absolute Gasteiger partial charge is 0.508 e. The van der Waals surface area contributed by atoms with Gasteiger partial charge in [-0.2, -0.15) is 11.8 Å². The summed E-state index contributed by atoms with van der Waals surface area (Å²) in [5.41, 5.74) is 18.5. The molecule has 2 aromatic heterocycles. The molecule has 2 bridgehead atoms. The lowest BCUT2D eigenvalue weighted by atomic mass is 9.97. The second-order valence-electron chi connectivity index (χ2n) is 37.8. The third-order valence-corrected chi connectivity index (χ3v) is 27.5. The molecule has 140 heavy (non-hydrogen) atoms. The molecule has 7 heterocycles. The smallest absolute Gasteiger partial charge is 0.325 e. The van der Waals surface area contributed by atoms with Gasteiger partial charge in [-0.1, -0.05) is 104 Å². The van der Waals surface area contributed by atoms with Gasteiger partial charge in [0.1, 0.15) is 96.6 Å². The Morgan fingerprint density at radius 3 is 1.79 bits per heavy atom. The van der Waals surface area contributed by atoms with Crippen molar-refractivity contribution >= 4 is 134 Å². The Morgan fingerprint density at radius 1 is 0.571 bits per heavy atom. The number of nitrogens with zero attached hydrogens (tertiary/aromatic N) is 6. The molecule has 41 nitrogen and oxygen atoms in total. The van der Waals surface area contributed by atoms with Gasteiger partial charge >= 0.3 is 5.97 Å². The predicted molar refractivity (Wildman–Crippen MR) is 511 cm³/mol. The van der Waals surface area contributed by atoms with Crippen LogP contribution < -0.4 is 70.4 Å². The summed E-state index contributed by atoms with van der Waals surface area (Å²) >= 11 is 0.967. The van der Waals surface area contributed by atoms with Crippen molar-refractivity contribution in [3.05, 3.63) is 101 Å². The number of likely N-dealkylation sites (N-methyl/N-ethyl adjacent to an activating group) is 2. The number of aromatic amines is 1. The number of phenols is 1. The molecule has 10 rings (SSSR count). The number of esters is 1. The fraction of sp³-hybridized carbons (Fsp3) is 0.594. The van der Waals surface area contributed by atoms with Crippen molar-refractivity contribution in [1.82, 2.24) is 87.2 Å². The first kappa shape index (κ1) is 110. The van der Waals surface area contributed by atoms with Gasteiger partial charge in [0.25, 0.3) is 0 Å². The number of aromatic nitrogens is 2. The topological polar surface area (TPSA) is 595 Å². The highest BCUT2D eigenvalue weighted by atomic mass is 32.2. The second-order valence-corrected chi connectivity index (χ2v) is 38.9. The number of benzene rings is 3. The van der Waals surface area contributed by atoms with Crippen LogP contribution in [0.25, 0.3) is 21.8 Å². The van der Waals surface area contributed by atoms with Crippen LogP contribution in [-0.2, 0) is 112 Å². The molecule has 5 fully saturated rings. The number of primary amides is 2. The molecule has 766 valence electrons. The van der Waals surface area contributed by atoms with E-state index in [0.29, 0.717) is 44.1 Å². The molecular weight excluding hydrogens is 1840 g/mol. The van der Waals surface area contributed by atoms with E-state index in [9.17, 15) is 58.5 Å². The van der Waals surface area contributed by atoms with Crippen LogP contribution in [0.5, 0.6) is 5.75 Å². The van der Waals surface area contributed by atoms with Crippen LogP contribution in [0.1, 0.15) is 174 Å². The minimum Gasteiger partial charge on any atom is -0.508 e. The van der Waals surface area contributed by atoms with Crippen LogP contribution in [0.4, 0.5) is 8.78 Å². The normalized spacial score (nSPS) is 25.6. The highest BCUT2D eigenvalue weighted by Gasteiger charge is 2.47. The van der Waals surface area contributed by atoms with Gasteiger partial charge in [0.15, 0.2) is 0 Å². The number of rotatable bonds is 24. The molecular formula is C96H136F2N20O21S. The average Bonchev–Trinajstić information content (AvgIpc) is 1.64. The van der Waals surface area contributed by atoms with Crippen LogP contribution >= 0.6 is 11.8 Å². The molecule has 0 spiro atoms. The Kier molecular flexibility index (Phi) is 40.4. The van der Waals surface area contributed by atoms with Gasteiger partial charge in [-0.15, -0.1) is 0 Å². The molecule has 15 atom stereocenters. The quantitative estimate of drug-likeness (QED) is 0.0359. The summed E-state index contributed by atoms with van der Waals surface area (Å²) in [7, 11) is 2.82. The number of thioether (sulfide) groups is 1. The Labute approximate surface area is 815 Å².